The van der Waals surface area contributed by atoms with E-state index in [1.54, 1.807) is 19.1 Å². The highest BCUT2D eigenvalue weighted by Gasteiger charge is 2.33. The summed E-state index contributed by atoms with van der Waals surface area (Å²) in [5.41, 5.74) is 0.681. The van der Waals surface area contributed by atoms with Crippen LogP contribution in [0.25, 0.3) is 0 Å². The number of rotatable bonds is 4. The molecule has 1 aromatic carbocycles. The van der Waals surface area contributed by atoms with Crippen LogP contribution in [0.5, 0.6) is 5.75 Å². The van der Waals surface area contributed by atoms with Crippen LogP contribution in [0.4, 0.5) is 14.6 Å². The average Bonchev–Trinajstić information content (AvgIpc) is 3.12. The molecule has 33 heavy (non-hydrogen) atoms. The summed E-state index contributed by atoms with van der Waals surface area (Å²) in [5.74, 6) is 3.59. The maximum Gasteiger partial charge on any atom is 0.275 e. The van der Waals surface area contributed by atoms with E-state index in [0.717, 1.165) is 6.20 Å². The number of aromatic nitrogens is 3. The van der Waals surface area contributed by atoms with Crippen LogP contribution < -0.4 is 15.0 Å². The minimum Gasteiger partial charge on any atom is -0.487 e. The molecule has 2 aromatic heterocycles. The summed E-state index contributed by atoms with van der Waals surface area (Å²) in [6, 6.07) is 7.86. The SMILES string of the molecule is CC#Cc1ccc2c(n1)N(C)C(=O)C(NC(=O)c1nn(Cc3ccc(F)cc3)cc1F)CO2. The molecule has 1 aliphatic rings. The first kappa shape index (κ1) is 22.0. The molecule has 3 heterocycles. The number of nitrogens with zero attached hydrogens (tertiary/aromatic N) is 4. The molecule has 3 aromatic rings. The lowest BCUT2D eigenvalue weighted by molar-refractivity contribution is -0.120. The minimum absolute atomic E-state index is 0.142. The van der Waals surface area contributed by atoms with Crippen LogP contribution in [-0.2, 0) is 11.3 Å². The average molecular weight is 451 g/mol. The largest absolute Gasteiger partial charge is 0.487 e. The van der Waals surface area contributed by atoms with Crippen molar-refractivity contribution in [1.29, 1.82) is 0 Å². The van der Waals surface area contributed by atoms with Crippen molar-refractivity contribution in [3.8, 4) is 17.6 Å². The summed E-state index contributed by atoms with van der Waals surface area (Å²) in [6.07, 6.45) is 1.06. The zero-order chi connectivity index (χ0) is 23.5. The summed E-state index contributed by atoms with van der Waals surface area (Å²) < 4.78 is 34.4. The summed E-state index contributed by atoms with van der Waals surface area (Å²) in [5, 5.41) is 6.45. The standard InChI is InChI=1S/C23H19F2N5O3/c1-3-4-16-9-10-19-21(26-16)29(2)23(32)18(13-33-19)27-22(31)20-17(25)12-30(28-20)11-14-5-7-15(24)8-6-14/h5-10,12,18H,11,13H2,1-2H3,(H,27,31). The topological polar surface area (TPSA) is 89.4 Å². The van der Waals surface area contributed by atoms with E-state index in [2.05, 4.69) is 27.2 Å². The first-order chi connectivity index (χ1) is 15.9. The molecule has 0 saturated heterocycles. The van der Waals surface area contributed by atoms with E-state index in [1.807, 2.05) is 0 Å². The Bertz CT molecular complexity index is 1280. The van der Waals surface area contributed by atoms with Crippen molar-refractivity contribution in [3.63, 3.8) is 0 Å². The predicted octanol–water partition coefficient (Wildman–Crippen LogP) is 2.13. The van der Waals surface area contributed by atoms with E-state index in [1.165, 1.54) is 40.9 Å². The van der Waals surface area contributed by atoms with E-state index >= 15 is 0 Å². The van der Waals surface area contributed by atoms with Gasteiger partial charge in [-0.3, -0.25) is 19.2 Å². The Morgan fingerprint density at radius 3 is 2.73 bits per heavy atom. The first-order valence-electron chi connectivity index (χ1n) is 9.98. The van der Waals surface area contributed by atoms with Crippen molar-refractivity contribution in [2.75, 3.05) is 18.6 Å². The number of carbonyl (C=O) groups excluding carboxylic acids is 2. The van der Waals surface area contributed by atoms with Crippen molar-refractivity contribution in [3.05, 3.63) is 71.2 Å². The van der Waals surface area contributed by atoms with Crippen molar-refractivity contribution >= 4 is 17.6 Å². The Morgan fingerprint density at radius 1 is 1.24 bits per heavy atom. The van der Waals surface area contributed by atoms with Gasteiger partial charge >= 0.3 is 0 Å². The van der Waals surface area contributed by atoms with Gasteiger partial charge in [0.2, 0.25) is 0 Å². The number of anilines is 1. The molecule has 1 N–H and O–H groups in total. The third-order valence-corrected chi connectivity index (χ3v) is 4.94. The molecule has 0 aliphatic carbocycles. The zero-order valence-electron chi connectivity index (χ0n) is 17.8. The zero-order valence-corrected chi connectivity index (χ0v) is 17.8. The molecule has 0 bridgehead atoms. The van der Waals surface area contributed by atoms with Crippen LogP contribution in [-0.4, -0.2) is 46.3 Å². The van der Waals surface area contributed by atoms with Gasteiger partial charge in [0.1, 0.15) is 24.2 Å². The van der Waals surface area contributed by atoms with Gasteiger partial charge in [0.15, 0.2) is 23.1 Å². The molecule has 2 amide bonds. The highest BCUT2D eigenvalue weighted by atomic mass is 19.1. The van der Waals surface area contributed by atoms with Crippen molar-refractivity contribution in [2.24, 2.45) is 0 Å². The second-order valence-electron chi connectivity index (χ2n) is 7.28. The van der Waals surface area contributed by atoms with Gasteiger partial charge in [-0.05, 0) is 42.7 Å². The van der Waals surface area contributed by atoms with Gasteiger partial charge in [0.05, 0.1) is 12.7 Å². The fourth-order valence-corrected chi connectivity index (χ4v) is 3.31. The summed E-state index contributed by atoms with van der Waals surface area (Å²) in [4.78, 5) is 31.2. The lowest BCUT2D eigenvalue weighted by Gasteiger charge is -2.19. The highest BCUT2D eigenvalue weighted by Crippen LogP contribution is 2.28. The Labute approximate surface area is 188 Å². The van der Waals surface area contributed by atoms with Crippen LogP contribution in [0.3, 0.4) is 0 Å². The van der Waals surface area contributed by atoms with E-state index in [0.29, 0.717) is 17.0 Å². The Hall–Kier alpha value is -4.26. The molecule has 8 nitrogen and oxygen atoms in total. The van der Waals surface area contributed by atoms with E-state index in [-0.39, 0.29) is 19.0 Å². The number of fused-ring (bicyclic) bond motifs is 1. The summed E-state index contributed by atoms with van der Waals surface area (Å²) in [7, 11) is 1.50. The molecule has 0 fully saturated rings. The van der Waals surface area contributed by atoms with Gasteiger partial charge in [0.25, 0.3) is 11.8 Å². The van der Waals surface area contributed by atoms with Gasteiger partial charge in [-0.1, -0.05) is 18.1 Å². The van der Waals surface area contributed by atoms with E-state index in [9.17, 15) is 18.4 Å². The maximum atomic E-state index is 14.4. The molecule has 168 valence electrons. The number of carbonyl (C=O) groups is 2. The van der Waals surface area contributed by atoms with E-state index in [4.69, 9.17) is 4.74 Å². The fraction of sp³-hybridized carbons (Fsp3) is 0.217. The minimum atomic E-state index is -1.08. The number of amides is 2. The number of hydrogen-bond donors (Lipinski definition) is 1. The van der Waals surface area contributed by atoms with E-state index < -0.39 is 35.2 Å². The Kier molecular flexibility index (Phi) is 6.04. The highest BCUT2D eigenvalue weighted by molar-refractivity contribution is 6.02. The van der Waals surface area contributed by atoms with Gasteiger partial charge in [-0.25, -0.2) is 13.8 Å². The first-order valence-corrected chi connectivity index (χ1v) is 9.98. The number of hydrogen-bond acceptors (Lipinski definition) is 5. The monoisotopic (exact) mass is 451 g/mol. The number of likely N-dealkylation sites (N-methyl/N-ethyl adjacent to an activating group) is 1. The predicted molar refractivity (Wildman–Crippen MR) is 115 cm³/mol. The number of pyridine rings is 1. The van der Waals surface area contributed by atoms with Crippen LogP contribution in [0.2, 0.25) is 0 Å². The second-order valence-corrected chi connectivity index (χ2v) is 7.28. The number of halogens is 2. The van der Waals surface area contributed by atoms with Gasteiger partial charge in [-0.2, -0.15) is 5.10 Å². The van der Waals surface area contributed by atoms with Crippen molar-refractivity contribution in [1.82, 2.24) is 20.1 Å². The molecular formula is C23H19F2N5O3. The second kappa shape index (κ2) is 9.08. The molecule has 4 rings (SSSR count). The number of benzene rings is 1. The van der Waals surface area contributed by atoms with Gasteiger partial charge < -0.3 is 10.1 Å². The molecule has 1 aliphatic heterocycles. The van der Waals surface area contributed by atoms with Gasteiger partial charge in [0, 0.05) is 7.05 Å². The quantitative estimate of drug-likeness (QED) is 0.614. The Balaban J connectivity index is 1.49. The van der Waals surface area contributed by atoms with Crippen molar-refractivity contribution < 1.29 is 23.1 Å². The summed E-state index contributed by atoms with van der Waals surface area (Å²) in [6.45, 7) is 1.65. The van der Waals surface area contributed by atoms with Crippen molar-refractivity contribution in [2.45, 2.75) is 19.5 Å². The molecular weight excluding hydrogens is 432 g/mol. The van der Waals surface area contributed by atoms with Gasteiger partial charge in [-0.15, -0.1) is 0 Å². The molecule has 1 atom stereocenters. The van der Waals surface area contributed by atoms with Crippen LogP contribution >= 0.6 is 0 Å². The van der Waals surface area contributed by atoms with Crippen LogP contribution in [0.1, 0.15) is 28.7 Å². The third-order valence-electron chi connectivity index (χ3n) is 4.94. The summed E-state index contributed by atoms with van der Waals surface area (Å²) >= 11 is 0. The molecule has 10 heteroatoms. The molecule has 0 radical (unpaired) electrons. The van der Waals surface area contributed by atoms with Crippen LogP contribution in [0.15, 0.2) is 42.6 Å². The normalized spacial score (nSPS) is 15.1. The van der Waals surface area contributed by atoms with Crippen LogP contribution in [0, 0.1) is 23.5 Å². The lowest BCUT2D eigenvalue weighted by atomic mass is 10.2. The Morgan fingerprint density at radius 2 is 2.00 bits per heavy atom. The molecule has 1 unspecified atom stereocenters. The maximum absolute atomic E-state index is 14.4. The lowest BCUT2D eigenvalue weighted by Crippen LogP contribution is -2.49. The third kappa shape index (κ3) is 4.67. The number of nitrogens with one attached hydrogen (secondary N) is 1. The smallest absolute Gasteiger partial charge is 0.275 e. The molecule has 0 saturated carbocycles. The molecule has 0 spiro atoms. The number of ether oxygens (including phenoxy) is 1. The fourth-order valence-electron chi connectivity index (χ4n) is 3.31.